The highest BCUT2D eigenvalue weighted by Crippen LogP contribution is 2.23. The molecule has 0 aliphatic carbocycles. The number of aromatic nitrogens is 5. The fourth-order valence-electron chi connectivity index (χ4n) is 2.48. The zero-order valence-corrected chi connectivity index (χ0v) is 15.9. The lowest BCUT2D eigenvalue weighted by molar-refractivity contribution is -0.111. The molecule has 1 amide bonds. The van der Waals surface area contributed by atoms with Crippen LogP contribution in [0.3, 0.4) is 0 Å². The van der Waals surface area contributed by atoms with E-state index in [-0.39, 0.29) is 5.70 Å². The van der Waals surface area contributed by atoms with Gasteiger partial charge in [0.25, 0.3) is 5.91 Å². The zero-order chi connectivity index (χ0) is 19.3. The number of benzene rings is 1. The van der Waals surface area contributed by atoms with Crippen molar-refractivity contribution in [2.24, 2.45) is 0 Å². The predicted molar refractivity (Wildman–Crippen MR) is 110 cm³/mol. The third-order valence-corrected chi connectivity index (χ3v) is 4.80. The second-order valence-corrected chi connectivity index (χ2v) is 7.06. The number of rotatable bonds is 5. The molecule has 0 radical (unpaired) electrons. The van der Waals surface area contributed by atoms with Crippen molar-refractivity contribution >= 4 is 46.4 Å². The van der Waals surface area contributed by atoms with E-state index in [0.717, 1.165) is 10.4 Å². The van der Waals surface area contributed by atoms with Crippen molar-refractivity contribution in [2.45, 2.75) is 0 Å². The van der Waals surface area contributed by atoms with Gasteiger partial charge in [-0.05, 0) is 40.1 Å². The molecular weight excluding hydrogens is 396 g/mol. The molecule has 1 aromatic carbocycles. The van der Waals surface area contributed by atoms with Gasteiger partial charge in [0, 0.05) is 16.6 Å². The average Bonchev–Trinajstić information content (AvgIpc) is 3.40. The molecule has 3 heterocycles. The molecule has 0 aliphatic heterocycles. The molecule has 0 saturated carbocycles. The number of carbonyl (C=O) groups is 1. The normalized spacial score (nSPS) is 11.4. The molecule has 0 saturated heterocycles. The van der Waals surface area contributed by atoms with Crippen LogP contribution in [-0.4, -0.2) is 31.1 Å². The molecule has 0 aliphatic rings. The smallest absolute Gasteiger partial charge is 0.275 e. The molecule has 28 heavy (non-hydrogen) atoms. The van der Waals surface area contributed by atoms with Crippen LogP contribution in [0.2, 0.25) is 5.02 Å². The van der Waals surface area contributed by atoms with Crippen LogP contribution < -0.4 is 5.32 Å². The topological polar surface area (TPSA) is 85.6 Å². The molecular formula is C19H13ClN6OS. The fraction of sp³-hybridized carbons (Fsp3) is 0. The van der Waals surface area contributed by atoms with Crippen molar-refractivity contribution < 1.29 is 4.79 Å². The Bertz CT molecular complexity index is 1110. The van der Waals surface area contributed by atoms with Gasteiger partial charge in [0.1, 0.15) is 11.5 Å². The Hall–Kier alpha value is -3.36. The van der Waals surface area contributed by atoms with Crippen molar-refractivity contribution in [3.63, 3.8) is 0 Å². The number of carbonyl (C=O) groups excluding carboxylic acids is 1. The monoisotopic (exact) mass is 408 g/mol. The van der Waals surface area contributed by atoms with E-state index in [1.165, 1.54) is 22.2 Å². The minimum absolute atomic E-state index is 0.267. The quantitative estimate of drug-likeness (QED) is 0.503. The van der Waals surface area contributed by atoms with Gasteiger partial charge in [-0.25, -0.2) is 4.98 Å². The largest absolute Gasteiger partial charge is 0.305 e. The van der Waals surface area contributed by atoms with Crippen LogP contribution in [0.15, 0.2) is 66.2 Å². The van der Waals surface area contributed by atoms with Gasteiger partial charge in [0.2, 0.25) is 0 Å². The number of thiophene rings is 1. The first-order valence-corrected chi connectivity index (χ1v) is 9.49. The Balaban J connectivity index is 1.74. The number of anilines is 1. The van der Waals surface area contributed by atoms with E-state index >= 15 is 0 Å². The van der Waals surface area contributed by atoms with Crippen molar-refractivity contribution in [1.82, 2.24) is 25.2 Å². The summed E-state index contributed by atoms with van der Waals surface area (Å²) >= 11 is 7.36. The van der Waals surface area contributed by atoms with E-state index in [1.807, 2.05) is 47.8 Å². The number of hydrogen-bond acceptors (Lipinski definition) is 6. The van der Waals surface area contributed by atoms with Crippen LogP contribution in [-0.2, 0) is 4.79 Å². The Morgan fingerprint density at radius 3 is 2.68 bits per heavy atom. The number of hydrogen-bond donors (Lipinski definition) is 1. The summed E-state index contributed by atoms with van der Waals surface area (Å²) in [5, 5.41) is 17.1. The third kappa shape index (κ3) is 3.98. The van der Waals surface area contributed by atoms with Crippen LogP contribution in [0.1, 0.15) is 4.88 Å². The van der Waals surface area contributed by atoms with E-state index < -0.39 is 5.91 Å². The first-order chi connectivity index (χ1) is 13.7. The van der Waals surface area contributed by atoms with Gasteiger partial charge < -0.3 is 5.32 Å². The average molecular weight is 409 g/mol. The molecule has 0 unspecified atom stereocenters. The second-order valence-electron chi connectivity index (χ2n) is 5.64. The minimum atomic E-state index is -0.396. The first-order valence-electron chi connectivity index (χ1n) is 8.23. The van der Waals surface area contributed by atoms with Crippen LogP contribution in [0.4, 0.5) is 5.82 Å². The lowest BCUT2D eigenvalue weighted by Crippen LogP contribution is -2.19. The summed E-state index contributed by atoms with van der Waals surface area (Å²) in [6, 6.07) is 16.5. The Kier molecular flexibility index (Phi) is 5.22. The van der Waals surface area contributed by atoms with Crippen molar-refractivity contribution in [1.29, 1.82) is 0 Å². The Labute approximate surface area is 169 Å². The summed E-state index contributed by atoms with van der Waals surface area (Å²) in [6.07, 6.45) is 3.20. The van der Waals surface area contributed by atoms with Crippen molar-refractivity contribution in [3.8, 4) is 11.4 Å². The summed E-state index contributed by atoms with van der Waals surface area (Å²) in [7, 11) is 0. The number of nitrogens with one attached hydrogen (secondary N) is 1. The molecule has 0 bridgehead atoms. The minimum Gasteiger partial charge on any atom is -0.305 e. The van der Waals surface area contributed by atoms with Gasteiger partial charge in [-0.1, -0.05) is 48.0 Å². The molecule has 4 rings (SSSR count). The summed E-state index contributed by atoms with van der Waals surface area (Å²) in [4.78, 5) is 18.0. The van der Waals surface area contributed by atoms with Crippen LogP contribution >= 0.6 is 22.9 Å². The van der Waals surface area contributed by atoms with Gasteiger partial charge >= 0.3 is 0 Å². The maximum absolute atomic E-state index is 13.0. The van der Waals surface area contributed by atoms with Crippen molar-refractivity contribution in [2.75, 3.05) is 5.32 Å². The molecule has 138 valence electrons. The number of nitrogens with zero attached hydrogens (tertiary/aromatic N) is 5. The summed E-state index contributed by atoms with van der Waals surface area (Å²) in [5.41, 5.74) is 1.06. The highest BCUT2D eigenvalue weighted by Gasteiger charge is 2.20. The number of amides is 1. The van der Waals surface area contributed by atoms with Crippen LogP contribution in [0.5, 0.6) is 0 Å². The van der Waals surface area contributed by atoms with E-state index in [0.29, 0.717) is 16.7 Å². The lowest BCUT2D eigenvalue weighted by atomic mass is 10.2. The summed E-state index contributed by atoms with van der Waals surface area (Å²) in [6.45, 7) is 0. The van der Waals surface area contributed by atoms with Crippen LogP contribution in [0.25, 0.3) is 23.2 Å². The molecule has 0 spiro atoms. The number of halogens is 1. The third-order valence-electron chi connectivity index (χ3n) is 3.75. The highest BCUT2D eigenvalue weighted by molar-refractivity contribution is 7.10. The van der Waals surface area contributed by atoms with Gasteiger partial charge in [-0.3, -0.25) is 4.79 Å². The first kappa shape index (κ1) is 18.0. The maximum atomic E-state index is 13.0. The van der Waals surface area contributed by atoms with Crippen molar-refractivity contribution in [3.05, 3.63) is 76.1 Å². The molecule has 1 N–H and O–H groups in total. The Morgan fingerprint density at radius 2 is 1.96 bits per heavy atom. The predicted octanol–water partition coefficient (Wildman–Crippen LogP) is 4.09. The molecule has 3 aromatic heterocycles. The molecule has 0 fully saturated rings. The van der Waals surface area contributed by atoms with E-state index in [2.05, 4.69) is 25.8 Å². The van der Waals surface area contributed by atoms with Gasteiger partial charge in [-0.2, -0.15) is 4.68 Å². The fourth-order valence-corrected chi connectivity index (χ4v) is 3.24. The van der Waals surface area contributed by atoms with E-state index in [1.54, 1.807) is 18.2 Å². The van der Waals surface area contributed by atoms with Gasteiger partial charge in [-0.15, -0.1) is 16.4 Å². The lowest BCUT2D eigenvalue weighted by Gasteiger charge is -2.10. The SMILES string of the molecule is O=C(Nc1ccc(Cl)cn1)/C(=C/c1cccs1)n1nnnc1-c1ccccc1. The molecule has 0 atom stereocenters. The maximum Gasteiger partial charge on any atom is 0.275 e. The van der Waals surface area contributed by atoms with E-state index in [9.17, 15) is 4.79 Å². The summed E-state index contributed by atoms with van der Waals surface area (Å²) in [5.74, 6) is 0.441. The van der Waals surface area contributed by atoms with Gasteiger partial charge in [0.15, 0.2) is 5.82 Å². The standard InChI is InChI=1S/C19H13ClN6OS/c20-14-8-9-17(21-12-14)22-19(27)16(11-15-7-4-10-28-15)26-18(23-24-25-26)13-5-2-1-3-6-13/h1-12H,(H,21,22,27)/b16-11-. The molecule has 9 heteroatoms. The zero-order valence-electron chi connectivity index (χ0n) is 14.4. The van der Waals surface area contributed by atoms with Crippen LogP contribution in [0, 0.1) is 0 Å². The number of tetrazole rings is 1. The summed E-state index contributed by atoms with van der Waals surface area (Å²) < 4.78 is 1.42. The van der Waals surface area contributed by atoms with E-state index in [4.69, 9.17) is 11.6 Å². The molecule has 4 aromatic rings. The van der Waals surface area contributed by atoms with Gasteiger partial charge in [0.05, 0.1) is 5.02 Å². The second kappa shape index (κ2) is 8.12. The molecule has 7 nitrogen and oxygen atoms in total. The highest BCUT2D eigenvalue weighted by atomic mass is 35.5. The number of pyridine rings is 1. The Morgan fingerprint density at radius 1 is 1.11 bits per heavy atom.